The Kier molecular flexibility index (Phi) is 5.75. The van der Waals surface area contributed by atoms with Crippen LogP contribution in [0.4, 0.5) is 0 Å². The molecule has 1 aromatic rings. The van der Waals surface area contributed by atoms with Gasteiger partial charge >= 0.3 is 0 Å². The van der Waals surface area contributed by atoms with Crippen molar-refractivity contribution in [1.29, 1.82) is 0 Å². The Morgan fingerprint density at radius 2 is 2.20 bits per heavy atom. The standard InChI is InChI=1S/C10H18N2O2S/c1-8-10(9(2)14-12-8)7-15-6-4-11-3-5-13/h11,13H,3-7H2,1-2H3/p+1. The van der Waals surface area contributed by atoms with Crippen LogP contribution in [0.25, 0.3) is 0 Å². The molecule has 5 heteroatoms. The number of nitrogens with zero attached hydrogens (tertiary/aromatic N) is 1. The number of thioether (sulfide) groups is 1. The van der Waals surface area contributed by atoms with Gasteiger partial charge in [0.1, 0.15) is 5.76 Å². The smallest absolute Gasteiger partial charge is 0.137 e. The number of hydrogen-bond donors (Lipinski definition) is 2. The Morgan fingerprint density at radius 1 is 1.40 bits per heavy atom. The third-order valence-corrected chi connectivity index (χ3v) is 3.24. The topological polar surface area (TPSA) is 62.9 Å². The van der Waals surface area contributed by atoms with E-state index in [0.717, 1.165) is 36.0 Å². The number of nitrogens with two attached hydrogens (primary N) is 1. The lowest BCUT2D eigenvalue weighted by molar-refractivity contribution is -0.651. The van der Waals surface area contributed by atoms with Gasteiger partial charge in [-0.2, -0.15) is 11.8 Å². The van der Waals surface area contributed by atoms with Crippen molar-refractivity contribution in [2.45, 2.75) is 19.6 Å². The van der Waals surface area contributed by atoms with Crippen LogP contribution in [0.3, 0.4) is 0 Å². The summed E-state index contributed by atoms with van der Waals surface area (Å²) in [6.45, 7) is 6.03. The maximum Gasteiger partial charge on any atom is 0.137 e. The minimum absolute atomic E-state index is 0.258. The molecule has 1 aromatic heterocycles. The van der Waals surface area contributed by atoms with Crippen molar-refractivity contribution >= 4 is 11.8 Å². The van der Waals surface area contributed by atoms with E-state index < -0.39 is 0 Å². The second-order valence-corrected chi connectivity index (χ2v) is 4.55. The lowest BCUT2D eigenvalue weighted by Gasteiger charge is -2.00. The molecule has 15 heavy (non-hydrogen) atoms. The molecule has 1 heterocycles. The molecule has 0 fully saturated rings. The van der Waals surface area contributed by atoms with Gasteiger partial charge in [0.05, 0.1) is 25.4 Å². The Balaban J connectivity index is 2.15. The summed E-state index contributed by atoms with van der Waals surface area (Å²) in [6.07, 6.45) is 0. The predicted molar refractivity (Wildman–Crippen MR) is 60.9 cm³/mol. The van der Waals surface area contributed by atoms with Gasteiger partial charge in [0.15, 0.2) is 0 Å². The fourth-order valence-electron chi connectivity index (χ4n) is 1.28. The van der Waals surface area contributed by atoms with E-state index in [9.17, 15) is 0 Å². The van der Waals surface area contributed by atoms with Gasteiger partial charge in [-0.25, -0.2) is 0 Å². The molecule has 0 saturated carbocycles. The Hall–Kier alpha value is -0.520. The van der Waals surface area contributed by atoms with Crippen molar-refractivity contribution in [1.82, 2.24) is 5.16 Å². The Labute approximate surface area is 94.4 Å². The second-order valence-electron chi connectivity index (χ2n) is 3.44. The molecule has 0 unspecified atom stereocenters. The van der Waals surface area contributed by atoms with Gasteiger partial charge in [-0.1, -0.05) is 5.16 Å². The van der Waals surface area contributed by atoms with Crippen LogP contribution < -0.4 is 5.32 Å². The summed E-state index contributed by atoms with van der Waals surface area (Å²) in [6, 6.07) is 0. The highest BCUT2D eigenvalue weighted by Gasteiger charge is 2.08. The molecule has 4 nitrogen and oxygen atoms in total. The lowest BCUT2D eigenvalue weighted by atomic mass is 10.2. The average molecular weight is 231 g/mol. The van der Waals surface area contributed by atoms with E-state index in [1.807, 2.05) is 25.6 Å². The van der Waals surface area contributed by atoms with Crippen molar-refractivity contribution < 1.29 is 14.9 Å². The van der Waals surface area contributed by atoms with E-state index in [4.69, 9.17) is 9.63 Å². The monoisotopic (exact) mass is 231 g/mol. The maximum atomic E-state index is 8.59. The third-order valence-electron chi connectivity index (χ3n) is 2.23. The molecule has 0 radical (unpaired) electrons. The number of aromatic nitrogens is 1. The zero-order valence-electron chi connectivity index (χ0n) is 9.32. The molecular formula is C10H19N2O2S+. The summed E-state index contributed by atoms with van der Waals surface area (Å²) in [5.41, 5.74) is 2.22. The summed E-state index contributed by atoms with van der Waals surface area (Å²) >= 11 is 1.88. The van der Waals surface area contributed by atoms with E-state index in [2.05, 4.69) is 10.5 Å². The molecule has 3 N–H and O–H groups in total. The molecule has 0 aliphatic heterocycles. The normalized spacial score (nSPS) is 10.9. The van der Waals surface area contributed by atoms with Gasteiger partial charge in [-0.3, -0.25) is 0 Å². The van der Waals surface area contributed by atoms with Crippen LogP contribution in [0.5, 0.6) is 0 Å². The molecule has 0 aromatic carbocycles. The second kappa shape index (κ2) is 6.87. The van der Waals surface area contributed by atoms with Crippen LogP contribution in [0.2, 0.25) is 0 Å². The van der Waals surface area contributed by atoms with Crippen LogP contribution in [0.1, 0.15) is 17.0 Å². The first kappa shape index (κ1) is 12.5. The van der Waals surface area contributed by atoms with Crippen molar-refractivity contribution in [2.24, 2.45) is 0 Å². The van der Waals surface area contributed by atoms with Gasteiger partial charge in [0, 0.05) is 17.1 Å². The van der Waals surface area contributed by atoms with Gasteiger partial charge in [0.2, 0.25) is 0 Å². The third kappa shape index (κ3) is 4.24. The van der Waals surface area contributed by atoms with Gasteiger partial charge in [0.25, 0.3) is 0 Å². The minimum Gasteiger partial charge on any atom is -0.391 e. The predicted octanol–water partition coefficient (Wildman–Crippen LogP) is 0.0803. The molecule has 86 valence electrons. The van der Waals surface area contributed by atoms with E-state index in [1.165, 1.54) is 5.56 Å². The molecule has 0 atom stereocenters. The Morgan fingerprint density at radius 3 is 2.80 bits per heavy atom. The van der Waals surface area contributed by atoms with Crippen molar-refractivity contribution in [3.63, 3.8) is 0 Å². The zero-order valence-corrected chi connectivity index (χ0v) is 10.1. The maximum absolute atomic E-state index is 8.59. The van der Waals surface area contributed by atoms with E-state index >= 15 is 0 Å². The van der Waals surface area contributed by atoms with Crippen molar-refractivity contribution in [3.05, 3.63) is 17.0 Å². The minimum atomic E-state index is 0.258. The fraction of sp³-hybridized carbons (Fsp3) is 0.700. The number of aliphatic hydroxyl groups is 1. The first-order valence-corrected chi connectivity index (χ1v) is 6.33. The fourth-order valence-corrected chi connectivity index (χ4v) is 2.38. The highest BCUT2D eigenvalue weighted by atomic mass is 32.2. The summed E-state index contributed by atoms with van der Waals surface area (Å²) in [7, 11) is 0. The van der Waals surface area contributed by atoms with E-state index in [-0.39, 0.29) is 6.61 Å². The first-order chi connectivity index (χ1) is 7.25. The summed E-state index contributed by atoms with van der Waals surface area (Å²) in [4.78, 5) is 0. The summed E-state index contributed by atoms with van der Waals surface area (Å²) < 4.78 is 5.09. The molecule has 0 aliphatic rings. The van der Waals surface area contributed by atoms with Crippen molar-refractivity contribution in [3.8, 4) is 0 Å². The summed E-state index contributed by atoms with van der Waals surface area (Å²) in [5, 5.41) is 14.6. The zero-order chi connectivity index (χ0) is 11.1. The molecule has 1 rings (SSSR count). The van der Waals surface area contributed by atoms with Crippen LogP contribution in [-0.4, -0.2) is 35.7 Å². The van der Waals surface area contributed by atoms with Crippen molar-refractivity contribution in [2.75, 3.05) is 25.4 Å². The molecule has 0 bridgehead atoms. The average Bonchev–Trinajstić information content (AvgIpc) is 2.54. The molecule has 0 amide bonds. The van der Waals surface area contributed by atoms with E-state index in [0.29, 0.717) is 0 Å². The number of quaternary nitrogens is 1. The van der Waals surface area contributed by atoms with Crippen LogP contribution >= 0.6 is 11.8 Å². The Bertz CT molecular complexity index is 269. The quantitative estimate of drug-likeness (QED) is 0.652. The number of aliphatic hydroxyl groups excluding tert-OH is 1. The highest BCUT2D eigenvalue weighted by Crippen LogP contribution is 2.18. The first-order valence-electron chi connectivity index (χ1n) is 5.17. The van der Waals surface area contributed by atoms with Gasteiger partial charge in [-0.15, -0.1) is 0 Å². The molecular weight excluding hydrogens is 212 g/mol. The van der Waals surface area contributed by atoms with Gasteiger partial charge in [-0.05, 0) is 13.8 Å². The van der Waals surface area contributed by atoms with Crippen LogP contribution in [0.15, 0.2) is 4.52 Å². The lowest BCUT2D eigenvalue weighted by Crippen LogP contribution is -2.85. The molecule has 0 saturated heterocycles. The largest absolute Gasteiger partial charge is 0.391 e. The SMILES string of the molecule is Cc1noc(C)c1CSCC[NH2+]CCO. The highest BCUT2D eigenvalue weighted by molar-refractivity contribution is 7.98. The number of aryl methyl sites for hydroxylation is 2. The van der Waals surface area contributed by atoms with E-state index in [1.54, 1.807) is 0 Å². The van der Waals surface area contributed by atoms with Crippen LogP contribution in [0, 0.1) is 13.8 Å². The summed E-state index contributed by atoms with van der Waals surface area (Å²) in [5.74, 6) is 2.98. The number of rotatable bonds is 7. The molecule has 0 aliphatic carbocycles. The van der Waals surface area contributed by atoms with Crippen LogP contribution in [-0.2, 0) is 5.75 Å². The molecule has 0 spiro atoms. The number of hydrogen-bond acceptors (Lipinski definition) is 4. The van der Waals surface area contributed by atoms with Gasteiger partial charge < -0.3 is 14.9 Å².